The molecule has 62 valence electrons. The Hall–Kier alpha value is -0.560. The lowest BCUT2D eigenvalue weighted by Gasteiger charge is -2.24. The van der Waals surface area contributed by atoms with Crippen LogP contribution in [0.15, 0.2) is 4.58 Å². The fourth-order valence-corrected chi connectivity index (χ4v) is 1.21. The Bertz CT molecular complexity index is 168. The Balaban J connectivity index is 4.11. The molecule has 0 radical (unpaired) electrons. The highest BCUT2D eigenvalue weighted by Gasteiger charge is 2.25. The summed E-state index contributed by atoms with van der Waals surface area (Å²) in [6.45, 7) is 5.98. The van der Waals surface area contributed by atoms with E-state index in [1.54, 1.807) is 0 Å². The monoisotopic (exact) mass is 172 g/mol. The highest BCUT2D eigenvalue weighted by Crippen LogP contribution is 2.32. The third kappa shape index (κ3) is 3.99. The number of hydrogen-bond acceptors (Lipinski definition) is 4. The van der Waals surface area contributed by atoms with Crippen LogP contribution in [0, 0.1) is 21.7 Å². The summed E-state index contributed by atoms with van der Waals surface area (Å²) < 4.78 is 2.74. The van der Waals surface area contributed by atoms with Crippen molar-refractivity contribution in [2.45, 2.75) is 32.4 Å². The standard InChI is InChI=1S/C7H12N2OS/c1-7(2,3)6(4-5-8)11-9-10/h6H,4H2,1-3H3. The molecular weight excluding hydrogens is 160 g/mol. The Morgan fingerprint density at radius 3 is 2.45 bits per heavy atom. The predicted octanol–water partition coefficient (Wildman–Crippen LogP) is 2.73. The largest absolute Gasteiger partial charge is 0.198 e. The van der Waals surface area contributed by atoms with Gasteiger partial charge in [0.25, 0.3) is 0 Å². The minimum atomic E-state index is -0.0334. The predicted molar refractivity (Wildman–Crippen MR) is 46.9 cm³/mol. The summed E-state index contributed by atoms with van der Waals surface area (Å²) >= 11 is 0.955. The molecule has 0 spiro atoms. The van der Waals surface area contributed by atoms with Gasteiger partial charge in [0.2, 0.25) is 0 Å². The minimum Gasteiger partial charge on any atom is -0.198 e. The summed E-state index contributed by atoms with van der Waals surface area (Å²) in [5.74, 6) is 0. The fraction of sp³-hybridized carbons (Fsp3) is 0.857. The van der Waals surface area contributed by atoms with Crippen LogP contribution >= 0.6 is 11.9 Å². The van der Waals surface area contributed by atoms with Crippen LogP contribution in [0.4, 0.5) is 0 Å². The lowest BCUT2D eigenvalue weighted by Crippen LogP contribution is -2.21. The molecule has 0 aromatic carbocycles. The molecule has 3 nitrogen and oxygen atoms in total. The smallest absolute Gasteiger partial charge is 0.0634 e. The Morgan fingerprint density at radius 2 is 2.18 bits per heavy atom. The second-order valence-corrected chi connectivity index (χ2v) is 4.33. The van der Waals surface area contributed by atoms with Crippen LogP contribution in [0.3, 0.4) is 0 Å². The number of hydrogen-bond donors (Lipinski definition) is 0. The van der Waals surface area contributed by atoms with Crippen molar-refractivity contribution in [2.75, 3.05) is 0 Å². The van der Waals surface area contributed by atoms with Crippen molar-refractivity contribution in [3.8, 4) is 6.07 Å². The quantitative estimate of drug-likeness (QED) is 0.486. The van der Waals surface area contributed by atoms with Gasteiger partial charge < -0.3 is 0 Å². The molecule has 0 bridgehead atoms. The van der Waals surface area contributed by atoms with E-state index in [1.165, 1.54) is 0 Å². The van der Waals surface area contributed by atoms with Gasteiger partial charge in [0, 0.05) is 28.2 Å². The second-order valence-electron chi connectivity index (χ2n) is 3.40. The van der Waals surface area contributed by atoms with E-state index in [2.05, 4.69) is 4.58 Å². The highest BCUT2D eigenvalue weighted by molar-refractivity contribution is 7.98. The molecule has 0 heterocycles. The van der Waals surface area contributed by atoms with E-state index in [4.69, 9.17) is 5.26 Å². The summed E-state index contributed by atoms with van der Waals surface area (Å²) in [7, 11) is 0. The highest BCUT2D eigenvalue weighted by atomic mass is 32.2. The average molecular weight is 172 g/mol. The minimum absolute atomic E-state index is 0.00463. The van der Waals surface area contributed by atoms with Gasteiger partial charge in [-0.1, -0.05) is 20.8 Å². The maximum absolute atomic E-state index is 9.94. The van der Waals surface area contributed by atoms with Gasteiger partial charge in [0.15, 0.2) is 0 Å². The lowest BCUT2D eigenvalue weighted by atomic mass is 9.90. The van der Waals surface area contributed by atoms with Crippen molar-refractivity contribution in [2.24, 2.45) is 10.00 Å². The molecule has 1 unspecified atom stereocenters. The molecule has 1 atom stereocenters. The van der Waals surface area contributed by atoms with Crippen molar-refractivity contribution < 1.29 is 0 Å². The summed E-state index contributed by atoms with van der Waals surface area (Å²) in [5.41, 5.74) is -0.0334. The first kappa shape index (κ1) is 10.4. The van der Waals surface area contributed by atoms with E-state index in [0.717, 1.165) is 11.9 Å². The lowest BCUT2D eigenvalue weighted by molar-refractivity contribution is 0.397. The summed E-state index contributed by atoms with van der Waals surface area (Å²) in [5, 5.41) is 8.42. The number of nitriles is 1. The molecule has 0 saturated carbocycles. The van der Waals surface area contributed by atoms with E-state index in [-0.39, 0.29) is 10.7 Å². The first-order chi connectivity index (χ1) is 5.02. The third-order valence-electron chi connectivity index (χ3n) is 1.41. The van der Waals surface area contributed by atoms with Gasteiger partial charge in [-0.3, -0.25) is 0 Å². The Labute approximate surface area is 71.3 Å². The van der Waals surface area contributed by atoms with Gasteiger partial charge in [-0.05, 0) is 5.41 Å². The number of nitroso groups, excluding NO2 is 1. The zero-order chi connectivity index (χ0) is 8.91. The number of rotatable bonds is 3. The topological polar surface area (TPSA) is 53.2 Å². The maximum atomic E-state index is 9.94. The Morgan fingerprint density at radius 1 is 1.64 bits per heavy atom. The van der Waals surface area contributed by atoms with Crippen LogP contribution in [0.2, 0.25) is 0 Å². The molecule has 4 heteroatoms. The van der Waals surface area contributed by atoms with Crippen molar-refractivity contribution >= 4 is 11.9 Å². The SMILES string of the molecule is CC(C)(C)C(CC#N)SN=O. The van der Waals surface area contributed by atoms with E-state index in [9.17, 15) is 4.91 Å². The normalized spacial score (nSPS) is 13.6. The van der Waals surface area contributed by atoms with Gasteiger partial charge in [0.1, 0.15) is 0 Å². The molecule has 0 rings (SSSR count). The second kappa shape index (κ2) is 4.35. The maximum Gasteiger partial charge on any atom is 0.0634 e. The molecular formula is C7H12N2OS. The molecule has 0 aromatic rings. The van der Waals surface area contributed by atoms with Gasteiger partial charge in [-0.2, -0.15) is 5.26 Å². The first-order valence-corrected chi connectivity index (χ1v) is 4.21. The van der Waals surface area contributed by atoms with Crippen LogP contribution in [-0.4, -0.2) is 5.25 Å². The molecule has 0 aromatic heterocycles. The van der Waals surface area contributed by atoms with Gasteiger partial charge >= 0.3 is 0 Å². The fourth-order valence-electron chi connectivity index (χ4n) is 0.636. The molecule has 0 aliphatic carbocycles. The van der Waals surface area contributed by atoms with E-state index >= 15 is 0 Å². The van der Waals surface area contributed by atoms with Crippen LogP contribution in [0.25, 0.3) is 0 Å². The molecule has 11 heavy (non-hydrogen) atoms. The zero-order valence-corrected chi connectivity index (χ0v) is 7.81. The molecule has 0 amide bonds. The van der Waals surface area contributed by atoms with Crippen molar-refractivity contribution in [1.29, 1.82) is 5.26 Å². The molecule has 0 aliphatic rings. The summed E-state index contributed by atoms with van der Waals surface area (Å²) in [6.07, 6.45) is 0.375. The molecule has 0 saturated heterocycles. The number of nitrogens with zero attached hydrogens (tertiary/aromatic N) is 2. The van der Waals surface area contributed by atoms with Crippen LogP contribution in [0.5, 0.6) is 0 Å². The van der Waals surface area contributed by atoms with Crippen LogP contribution in [-0.2, 0) is 0 Å². The van der Waals surface area contributed by atoms with Crippen LogP contribution < -0.4 is 0 Å². The van der Waals surface area contributed by atoms with E-state index < -0.39 is 0 Å². The first-order valence-electron chi connectivity index (χ1n) is 3.37. The van der Waals surface area contributed by atoms with Crippen molar-refractivity contribution in [3.63, 3.8) is 0 Å². The van der Waals surface area contributed by atoms with E-state index in [1.807, 2.05) is 26.8 Å². The summed E-state index contributed by atoms with van der Waals surface area (Å²) in [6, 6.07) is 2.04. The average Bonchev–Trinajstić information content (AvgIpc) is 1.85. The van der Waals surface area contributed by atoms with Gasteiger partial charge in [0.05, 0.1) is 6.07 Å². The van der Waals surface area contributed by atoms with E-state index in [0.29, 0.717) is 6.42 Å². The van der Waals surface area contributed by atoms with Crippen molar-refractivity contribution in [1.82, 2.24) is 0 Å². The molecule has 0 fully saturated rings. The summed E-state index contributed by atoms with van der Waals surface area (Å²) in [4.78, 5) is 9.94. The van der Waals surface area contributed by atoms with Gasteiger partial charge in [-0.15, -0.1) is 4.91 Å². The molecule has 0 aliphatic heterocycles. The Kier molecular flexibility index (Phi) is 4.12. The van der Waals surface area contributed by atoms with Gasteiger partial charge in [-0.25, -0.2) is 0 Å². The zero-order valence-electron chi connectivity index (χ0n) is 7.00. The third-order valence-corrected chi connectivity index (χ3v) is 2.63. The molecule has 0 N–H and O–H groups in total. The van der Waals surface area contributed by atoms with Crippen LogP contribution in [0.1, 0.15) is 27.2 Å². The van der Waals surface area contributed by atoms with Crippen molar-refractivity contribution in [3.05, 3.63) is 4.91 Å².